The SMILES string of the molecule is C=CCN(c1ccc(C(=O)O)cc1)c1nc2c(s1)C(C)(C)CCC2(C)C.CC1CC1. The van der Waals surface area contributed by atoms with Crippen LogP contribution in [-0.4, -0.2) is 22.6 Å². The third-order valence-corrected chi connectivity index (χ3v) is 7.53. The Balaban J connectivity index is 0.000000572. The molecule has 1 aromatic heterocycles. The fraction of sp³-hybridized carbons (Fsp3) is 0.520. The van der Waals surface area contributed by atoms with Crippen LogP contribution in [0, 0.1) is 5.92 Å². The van der Waals surface area contributed by atoms with Crippen LogP contribution in [0.2, 0.25) is 0 Å². The summed E-state index contributed by atoms with van der Waals surface area (Å²) >= 11 is 1.75. The molecule has 0 amide bonds. The average molecular weight is 427 g/mol. The fourth-order valence-electron chi connectivity index (χ4n) is 3.57. The molecule has 2 aliphatic rings. The number of rotatable bonds is 5. The summed E-state index contributed by atoms with van der Waals surface area (Å²) in [6.45, 7) is 15.9. The molecule has 1 N–H and O–H groups in total. The Labute approximate surface area is 184 Å². The van der Waals surface area contributed by atoms with Gasteiger partial charge in [0, 0.05) is 27.9 Å². The molecule has 0 aliphatic heterocycles. The highest BCUT2D eigenvalue weighted by molar-refractivity contribution is 7.16. The molecule has 1 fully saturated rings. The van der Waals surface area contributed by atoms with E-state index in [-0.39, 0.29) is 16.4 Å². The summed E-state index contributed by atoms with van der Waals surface area (Å²) in [6, 6.07) is 6.94. The number of fused-ring (bicyclic) bond motifs is 1. The van der Waals surface area contributed by atoms with Crippen molar-refractivity contribution in [2.75, 3.05) is 11.4 Å². The second-order valence-corrected chi connectivity index (χ2v) is 10.9. The number of aromatic nitrogens is 1. The van der Waals surface area contributed by atoms with Gasteiger partial charge in [0.1, 0.15) is 0 Å². The van der Waals surface area contributed by atoms with Gasteiger partial charge in [-0.1, -0.05) is 53.5 Å². The monoisotopic (exact) mass is 426 g/mol. The van der Waals surface area contributed by atoms with Crippen LogP contribution in [0.1, 0.15) is 81.2 Å². The predicted molar refractivity (Wildman–Crippen MR) is 126 cm³/mol. The van der Waals surface area contributed by atoms with Gasteiger partial charge in [-0.3, -0.25) is 0 Å². The summed E-state index contributed by atoms with van der Waals surface area (Å²) in [4.78, 5) is 19.6. The Morgan fingerprint density at radius 1 is 1.20 bits per heavy atom. The van der Waals surface area contributed by atoms with Crippen LogP contribution in [0.25, 0.3) is 0 Å². The number of carbonyl (C=O) groups is 1. The van der Waals surface area contributed by atoms with E-state index in [0.717, 1.165) is 29.6 Å². The van der Waals surface area contributed by atoms with Crippen LogP contribution in [-0.2, 0) is 10.8 Å². The number of carboxylic acid groups (broad SMARTS) is 1. The molecule has 0 saturated heterocycles. The number of benzene rings is 1. The van der Waals surface area contributed by atoms with Crippen molar-refractivity contribution in [1.82, 2.24) is 4.98 Å². The maximum atomic E-state index is 11.1. The van der Waals surface area contributed by atoms with Gasteiger partial charge in [-0.25, -0.2) is 9.78 Å². The average Bonchev–Trinajstić information content (AvgIpc) is 3.32. The molecule has 1 heterocycles. The van der Waals surface area contributed by atoms with Crippen molar-refractivity contribution in [3.63, 3.8) is 0 Å². The van der Waals surface area contributed by atoms with E-state index >= 15 is 0 Å². The maximum Gasteiger partial charge on any atom is 0.335 e. The van der Waals surface area contributed by atoms with Crippen LogP contribution < -0.4 is 4.90 Å². The van der Waals surface area contributed by atoms with Crippen molar-refractivity contribution in [1.29, 1.82) is 0 Å². The van der Waals surface area contributed by atoms with Gasteiger partial charge >= 0.3 is 5.97 Å². The Hall–Kier alpha value is -2.14. The zero-order valence-electron chi connectivity index (χ0n) is 18.9. The molecule has 0 bridgehead atoms. The standard InChI is InChI=1S/C21H26N2O2S.C4H8/c1-6-13-23(15-9-7-14(8-10-15)18(24)25)19-22-16-17(26-19)21(4,5)12-11-20(16,2)3;1-4-2-3-4/h6-10H,1,11-13H2,2-5H3,(H,24,25);4H,2-3H2,1H3. The van der Waals surface area contributed by atoms with Gasteiger partial charge in [0.15, 0.2) is 5.13 Å². The van der Waals surface area contributed by atoms with E-state index < -0.39 is 5.97 Å². The van der Waals surface area contributed by atoms with Gasteiger partial charge in [0.25, 0.3) is 0 Å². The largest absolute Gasteiger partial charge is 0.478 e. The molecule has 162 valence electrons. The minimum Gasteiger partial charge on any atom is -0.478 e. The smallest absolute Gasteiger partial charge is 0.335 e. The lowest BCUT2D eigenvalue weighted by Gasteiger charge is -2.37. The molecular weight excluding hydrogens is 392 g/mol. The van der Waals surface area contributed by atoms with Crippen molar-refractivity contribution < 1.29 is 9.90 Å². The molecule has 4 nitrogen and oxygen atoms in total. The van der Waals surface area contributed by atoms with Crippen molar-refractivity contribution in [3.8, 4) is 0 Å². The fourth-order valence-corrected chi connectivity index (χ4v) is 4.98. The zero-order chi connectivity index (χ0) is 22.1. The van der Waals surface area contributed by atoms with Gasteiger partial charge in [-0.15, -0.1) is 17.9 Å². The molecule has 30 heavy (non-hydrogen) atoms. The van der Waals surface area contributed by atoms with Crippen LogP contribution in [0.15, 0.2) is 36.9 Å². The summed E-state index contributed by atoms with van der Waals surface area (Å²) < 4.78 is 0. The summed E-state index contributed by atoms with van der Waals surface area (Å²) in [7, 11) is 0. The number of thiazole rings is 1. The van der Waals surface area contributed by atoms with E-state index in [1.165, 1.54) is 23.4 Å². The number of aromatic carboxylic acids is 1. The Morgan fingerprint density at radius 3 is 2.23 bits per heavy atom. The highest BCUT2D eigenvalue weighted by atomic mass is 32.1. The second kappa shape index (κ2) is 8.54. The first kappa shape index (κ1) is 22.5. The highest BCUT2D eigenvalue weighted by Gasteiger charge is 2.41. The van der Waals surface area contributed by atoms with E-state index in [4.69, 9.17) is 10.1 Å². The lowest BCUT2D eigenvalue weighted by Crippen LogP contribution is -2.32. The third-order valence-electron chi connectivity index (χ3n) is 6.08. The van der Waals surface area contributed by atoms with E-state index in [2.05, 4.69) is 46.1 Å². The van der Waals surface area contributed by atoms with Crippen molar-refractivity contribution >= 4 is 28.1 Å². The van der Waals surface area contributed by atoms with E-state index in [0.29, 0.717) is 6.54 Å². The first-order valence-electron chi connectivity index (χ1n) is 10.8. The summed E-state index contributed by atoms with van der Waals surface area (Å²) in [5, 5.41) is 10.1. The van der Waals surface area contributed by atoms with Crippen LogP contribution >= 0.6 is 11.3 Å². The summed E-state index contributed by atoms with van der Waals surface area (Å²) in [6.07, 6.45) is 7.11. The van der Waals surface area contributed by atoms with E-state index in [1.54, 1.807) is 23.5 Å². The third kappa shape index (κ3) is 4.94. The first-order valence-corrected chi connectivity index (χ1v) is 11.6. The van der Waals surface area contributed by atoms with Crippen LogP contribution in [0.5, 0.6) is 0 Å². The molecule has 0 radical (unpaired) electrons. The highest BCUT2D eigenvalue weighted by Crippen LogP contribution is 2.50. The number of nitrogens with zero attached hydrogens (tertiary/aromatic N) is 2. The molecule has 0 spiro atoms. The number of hydrogen-bond donors (Lipinski definition) is 1. The van der Waals surface area contributed by atoms with Gasteiger partial charge < -0.3 is 10.0 Å². The second-order valence-electron chi connectivity index (χ2n) is 9.88. The molecule has 0 atom stereocenters. The Kier molecular flexibility index (Phi) is 6.42. The maximum absolute atomic E-state index is 11.1. The molecule has 4 rings (SSSR count). The zero-order valence-corrected chi connectivity index (χ0v) is 19.7. The van der Waals surface area contributed by atoms with Gasteiger partial charge in [0.05, 0.1) is 11.3 Å². The number of hydrogen-bond acceptors (Lipinski definition) is 4. The molecule has 0 unspecified atom stereocenters. The Bertz CT molecular complexity index is 874. The normalized spacial score (nSPS) is 18.6. The predicted octanol–water partition coefficient (Wildman–Crippen LogP) is 6.93. The van der Waals surface area contributed by atoms with Crippen LogP contribution in [0.4, 0.5) is 10.8 Å². The molecule has 2 aromatic rings. The van der Waals surface area contributed by atoms with Gasteiger partial charge in [-0.2, -0.15) is 0 Å². The minimum absolute atomic E-state index is 0.0760. The van der Waals surface area contributed by atoms with Gasteiger partial charge in [-0.05, 0) is 43.0 Å². The van der Waals surface area contributed by atoms with Crippen molar-refractivity contribution in [3.05, 3.63) is 53.1 Å². The molecule has 5 heteroatoms. The Morgan fingerprint density at radius 2 is 1.77 bits per heavy atom. The number of carboxylic acids is 1. The lowest BCUT2D eigenvalue weighted by molar-refractivity contribution is 0.0697. The van der Waals surface area contributed by atoms with Crippen molar-refractivity contribution in [2.45, 2.75) is 71.1 Å². The minimum atomic E-state index is -0.917. The molecular formula is C25H34N2O2S. The van der Waals surface area contributed by atoms with Crippen molar-refractivity contribution in [2.24, 2.45) is 5.92 Å². The molecule has 1 aromatic carbocycles. The topological polar surface area (TPSA) is 53.4 Å². The van der Waals surface area contributed by atoms with Crippen LogP contribution in [0.3, 0.4) is 0 Å². The number of anilines is 2. The summed E-state index contributed by atoms with van der Waals surface area (Å²) in [5.74, 6) is 0.167. The quantitative estimate of drug-likeness (QED) is 0.527. The van der Waals surface area contributed by atoms with Gasteiger partial charge in [0.2, 0.25) is 0 Å². The van der Waals surface area contributed by atoms with E-state index in [9.17, 15) is 4.79 Å². The molecule has 1 saturated carbocycles. The first-order chi connectivity index (χ1) is 14.0. The lowest BCUT2D eigenvalue weighted by atomic mass is 9.69. The molecule has 2 aliphatic carbocycles. The van der Waals surface area contributed by atoms with E-state index in [1.807, 2.05) is 18.2 Å². The summed E-state index contributed by atoms with van der Waals surface area (Å²) in [5.41, 5.74) is 2.62.